The number of amides is 1. The maximum Gasteiger partial charge on any atom is 0.241 e. The number of hydrogen-bond acceptors (Lipinski definition) is 2. The van der Waals surface area contributed by atoms with Crippen molar-refractivity contribution in [1.29, 1.82) is 0 Å². The fourth-order valence-corrected chi connectivity index (χ4v) is 3.43. The zero-order valence-corrected chi connectivity index (χ0v) is 14.3. The van der Waals surface area contributed by atoms with Gasteiger partial charge in [0.05, 0.1) is 6.04 Å². The second-order valence-corrected chi connectivity index (χ2v) is 6.70. The normalized spacial score (nSPS) is 17.4. The van der Waals surface area contributed by atoms with E-state index in [0.717, 1.165) is 44.0 Å². The number of hydrogen-bond donors (Lipinski definition) is 1. The number of piperidine rings is 1. The van der Waals surface area contributed by atoms with Gasteiger partial charge < -0.3 is 5.32 Å². The molecule has 0 saturated carbocycles. The Labute approximate surface area is 144 Å². The molecule has 1 atom stereocenters. The van der Waals surface area contributed by atoms with Gasteiger partial charge in [0.15, 0.2) is 0 Å². The van der Waals surface area contributed by atoms with Crippen molar-refractivity contribution in [3.8, 4) is 0 Å². The van der Waals surface area contributed by atoms with Crippen LogP contribution in [0.4, 0.5) is 5.69 Å². The minimum Gasteiger partial charge on any atom is -0.325 e. The lowest BCUT2D eigenvalue weighted by Gasteiger charge is -2.35. The first-order valence-corrected chi connectivity index (χ1v) is 8.86. The summed E-state index contributed by atoms with van der Waals surface area (Å²) >= 11 is 0. The van der Waals surface area contributed by atoms with Crippen molar-refractivity contribution >= 4 is 11.6 Å². The Bertz CT molecular complexity index is 633. The number of para-hydroxylation sites is 1. The van der Waals surface area contributed by atoms with Crippen molar-refractivity contribution in [2.45, 2.75) is 32.2 Å². The van der Waals surface area contributed by atoms with Crippen molar-refractivity contribution in [3.63, 3.8) is 0 Å². The number of nitrogens with one attached hydrogen (secondary N) is 1. The largest absolute Gasteiger partial charge is 0.325 e. The minimum atomic E-state index is -0.0807. The predicted octanol–water partition coefficient (Wildman–Crippen LogP) is 3.97. The van der Waals surface area contributed by atoms with Crippen molar-refractivity contribution in [2.24, 2.45) is 5.92 Å². The van der Waals surface area contributed by atoms with Crippen molar-refractivity contribution in [3.05, 3.63) is 66.2 Å². The van der Waals surface area contributed by atoms with E-state index < -0.39 is 0 Å². The molecule has 1 saturated heterocycles. The molecule has 1 aliphatic heterocycles. The SMILES string of the molecule is CC(C(=O)Nc1ccccc1)N1CCC(Cc2ccccc2)CC1. The molecule has 1 N–H and O–H groups in total. The summed E-state index contributed by atoms with van der Waals surface area (Å²) in [6.07, 6.45) is 3.48. The molecule has 126 valence electrons. The third-order valence-corrected chi connectivity index (χ3v) is 4.98. The summed E-state index contributed by atoms with van der Waals surface area (Å²) in [7, 11) is 0. The smallest absolute Gasteiger partial charge is 0.241 e. The van der Waals surface area contributed by atoms with Gasteiger partial charge >= 0.3 is 0 Å². The van der Waals surface area contributed by atoms with Crippen molar-refractivity contribution in [2.75, 3.05) is 18.4 Å². The van der Waals surface area contributed by atoms with Crippen LogP contribution in [0.5, 0.6) is 0 Å². The molecule has 1 fully saturated rings. The lowest BCUT2D eigenvalue weighted by molar-refractivity contribution is -0.121. The third kappa shape index (κ3) is 4.45. The summed E-state index contributed by atoms with van der Waals surface area (Å²) in [5.74, 6) is 0.816. The summed E-state index contributed by atoms with van der Waals surface area (Å²) in [5.41, 5.74) is 2.29. The Hall–Kier alpha value is -2.13. The maximum absolute atomic E-state index is 12.4. The fraction of sp³-hybridized carbons (Fsp3) is 0.381. The van der Waals surface area contributed by atoms with E-state index in [2.05, 4.69) is 40.5 Å². The molecular formula is C21H26N2O. The Morgan fingerprint density at radius 1 is 1.04 bits per heavy atom. The number of rotatable bonds is 5. The molecule has 0 aliphatic carbocycles. The maximum atomic E-state index is 12.4. The Morgan fingerprint density at radius 3 is 2.25 bits per heavy atom. The first-order chi connectivity index (χ1) is 11.7. The number of anilines is 1. The molecule has 3 heteroatoms. The monoisotopic (exact) mass is 322 g/mol. The summed E-state index contributed by atoms with van der Waals surface area (Å²) in [4.78, 5) is 14.7. The standard InChI is InChI=1S/C21H26N2O/c1-17(21(24)22-20-10-6-3-7-11-20)23-14-12-19(13-15-23)16-18-8-4-2-5-9-18/h2-11,17,19H,12-16H2,1H3,(H,22,24). The Morgan fingerprint density at radius 2 is 1.62 bits per heavy atom. The lowest BCUT2D eigenvalue weighted by Crippen LogP contribution is -2.46. The Kier molecular flexibility index (Phi) is 5.65. The highest BCUT2D eigenvalue weighted by atomic mass is 16.2. The van der Waals surface area contributed by atoms with Crippen LogP contribution in [-0.4, -0.2) is 29.9 Å². The van der Waals surface area contributed by atoms with Gasteiger partial charge in [0.2, 0.25) is 5.91 Å². The topological polar surface area (TPSA) is 32.3 Å². The number of benzene rings is 2. The number of likely N-dealkylation sites (tertiary alicyclic amines) is 1. The van der Waals surface area contributed by atoms with Gasteiger partial charge in [-0.25, -0.2) is 0 Å². The molecule has 1 unspecified atom stereocenters. The molecular weight excluding hydrogens is 296 g/mol. The third-order valence-electron chi connectivity index (χ3n) is 4.98. The molecule has 3 nitrogen and oxygen atoms in total. The average molecular weight is 322 g/mol. The van der Waals surface area contributed by atoms with Crippen LogP contribution in [0, 0.1) is 5.92 Å². The van der Waals surface area contributed by atoms with Gasteiger partial charge in [0.1, 0.15) is 0 Å². The quantitative estimate of drug-likeness (QED) is 0.903. The van der Waals surface area contributed by atoms with E-state index in [-0.39, 0.29) is 11.9 Å². The van der Waals surface area contributed by atoms with Crippen molar-refractivity contribution < 1.29 is 4.79 Å². The van der Waals surface area contributed by atoms with E-state index in [1.807, 2.05) is 37.3 Å². The van der Waals surface area contributed by atoms with Crippen LogP contribution in [0.25, 0.3) is 0 Å². The molecule has 0 bridgehead atoms. The molecule has 1 aliphatic rings. The molecule has 1 amide bonds. The summed E-state index contributed by atoms with van der Waals surface area (Å²) < 4.78 is 0. The zero-order chi connectivity index (χ0) is 16.8. The molecule has 2 aromatic carbocycles. The van der Waals surface area contributed by atoms with Gasteiger partial charge in [0.25, 0.3) is 0 Å². The van der Waals surface area contributed by atoms with E-state index in [0.29, 0.717) is 0 Å². The first-order valence-electron chi connectivity index (χ1n) is 8.86. The fourth-order valence-electron chi connectivity index (χ4n) is 3.43. The second kappa shape index (κ2) is 8.11. The number of carbonyl (C=O) groups excluding carboxylic acids is 1. The van der Waals surface area contributed by atoms with Crippen LogP contribution in [-0.2, 0) is 11.2 Å². The number of nitrogens with zero attached hydrogens (tertiary/aromatic N) is 1. The van der Waals surface area contributed by atoms with E-state index >= 15 is 0 Å². The van der Waals surface area contributed by atoms with Crippen LogP contribution in [0.15, 0.2) is 60.7 Å². The van der Waals surface area contributed by atoms with Crippen LogP contribution in [0.3, 0.4) is 0 Å². The van der Waals surface area contributed by atoms with E-state index in [1.165, 1.54) is 5.56 Å². The lowest BCUT2D eigenvalue weighted by atomic mass is 9.89. The van der Waals surface area contributed by atoms with Gasteiger partial charge in [-0.1, -0.05) is 48.5 Å². The van der Waals surface area contributed by atoms with Gasteiger partial charge in [-0.3, -0.25) is 9.69 Å². The van der Waals surface area contributed by atoms with E-state index in [4.69, 9.17) is 0 Å². The van der Waals surface area contributed by atoms with E-state index in [1.54, 1.807) is 0 Å². The average Bonchev–Trinajstić information content (AvgIpc) is 2.63. The van der Waals surface area contributed by atoms with Crippen LogP contribution in [0.2, 0.25) is 0 Å². The number of carbonyl (C=O) groups is 1. The predicted molar refractivity (Wildman–Crippen MR) is 99.0 cm³/mol. The molecule has 0 spiro atoms. The van der Waals surface area contributed by atoms with Gasteiger partial charge in [0, 0.05) is 5.69 Å². The zero-order valence-electron chi connectivity index (χ0n) is 14.3. The summed E-state index contributed by atoms with van der Waals surface area (Å²) in [5, 5.41) is 3.01. The molecule has 0 radical (unpaired) electrons. The first kappa shape index (κ1) is 16.7. The van der Waals surface area contributed by atoms with Crippen LogP contribution in [0.1, 0.15) is 25.3 Å². The minimum absolute atomic E-state index is 0.0807. The Balaban J connectivity index is 1.48. The summed E-state index contributed by atoms with van der Waals surface area (Å²) in [6, 6.07) is 20.3. The highest BCUT2D eigenvalue weighted by molar-refractivity contribution is 5.94. The molecule has 0 aromatic heterocycles. The van der Waals surface area contributed by atoms with Gasteiger partial charge in [-0.2, -0.15) is 0 Å². The van der Waals surface area contributed by atoms with Crippen LogP contribution >= 0.6 is 0 Å². The van der Waals surface area contributed by atoms with Gasteiger partial charge in [-0.05, 0) is 62.9 Å². The highest BCUT2D eigenvalue weighted by Gasteiger charge is 2.26. The van der Waals surface area contributed by atoms with Gasteiger partial charge in [-0.15, -0.1) is 0 Å². The molecule has 3 rings (SSSR count). The molecule has 2 aromatic rings. The second-order valence-electron chi connectivity index (χ2n) is 6.70. The highest BCUT2D eigenvalue weighted by Crippen LogP contribution is 2.23. The summed E-state index contributed by atoms with van der Waals surface area (Å²) in [6.45, 7) is 4.01. The van der Waals surface area contributed by atoms with Crippen molar-refractivity contribution in [1.82, 2.24) is 4.90 Å². The van der Waals surface area contributed by atoms with E-state index in [9.17, 15) is 4.79 Å². The van der Waals surface area contributed by atoms with Crippen LogP contribution < -0.4 is 5.32 Å². The molecule has 24 heavy (non-hydrogen) atoms. The molecule has 1 heterocycles.